The summed E-state index contributed by atoms with van der Waals surface area (Å²) in [5.74, 6) is 0.333. The largest absolute Gasteiger partial charge is 0.243 e. The molecule has 0 aliphatic heterocycles. The van der Waals surface area contributed by atoms with E-state index in [0.29, 0.717) is 18.4 Å². The van der Waals surface area contributed by atoms with E-state index in [1.807, 2.05) is 0 Å². The molecule has 1 aliphatic rings. The van der Waals surface area contributed by atoms with E-state index in [9.17, 15) is 12.8 Å². The first kappa shape index (κ1) is 13.5. The maximum Gasteiger partial charge on any atom is 0.243 e. The molecule has 2 rings (SSSR count). The second-order valence-electron chi connectivity index (χ2n) is 5.07. The predicted octanol–water partition coefficient (Wildman–Crippen LogP) is 2.54. The smallest absolute Gasteiger partial charge is 0.211 e. The number of halogens is 1. The van der Waals surface area contributed by atoms with Crippen LogP contribution in [0.25, 0.3) is 0 Å². The van der Waals surface area contributed by atoms with Crippen LogP contribution >= 0.6 is 0 Å². The van der Waals surface area contributed by atoms with E-state index in [1.165, 1.54) is 18.2 Å². The van der Waals surface area contributed by atoms with Crippen molar-refractivity contribution >= 4 is 10.0 Å². The van der Waals surface area contributed by atoms with Crippen LogP contribution in [0.1, 0.15) is 26.2 Å². The molecule has 2 unspecified atom stereocenters. The zero-order valence-electron chi connectivity index (χ0n) is 10.4. The average molecular weight is 271 g/mol. The lowest BCUT2D eigenvalue weighted by Gasteiger charge is -2.12. The molecule has 0 heterocycles. The van der Waals surface area contributed by atoms with Crippen molar-refractivity contribution in [3.63, 3.8) is 0 Å². The highest BCUT2D eigenvalue weighted by Crippen LogP contribution is 2.30. The van der Waals surface area contributed by atoms with Crippen molar-refractivity contribution in [1.82, 2.24) is 4.72 Å². The third kappa shape index (κ3) is 3.09. The highest BCUT2D eigenvalue weighted by molar-refractivity contribution is 7.89. The molecule has 1 aromatic carbocycles. The van der Waals surface area contributed by atoms with E-state index in [4.69, 9.17) is 0 Å². The Balaban J connectivity index is 2.02. The molecule has 0 amide bonds. The van der Waals surface area contributed by atoms with Crippen LogP contribution < -0.4 is 4.72 Å². The van der Waals surface area contributed by atoms with Crippen molar-refractivity contribution in [3.8, 4) is 0 Å². The number of hydrogen-bond acceptors (Lipinski definition) is 2. The van der Waals surface area contributed by atoms with Gasteiger partial charge in [0.1, 0.15) is 10.7 Å². The van der Waals surface area contributed by atoms with Crippen LogP contribution in [-0.4, -0.2) is 15.0 Å². The molecule has 0 radical (unpaired) electrons. The van der Waals surface area contributed by atoms with Crippen LogP contribution in [0.5, 0.6) is 0 Å². The fourth-order valence-electron chi connectivity index (χ4n) is 2.48. The number of benzene rings is 1. The number of hydrogen-bond donors (Lipinski definition) is 1. The average Bonchev–Trinajstić information content (AvgIpc) is 2.73. The summed E-state index contributed by atoms with van der Waals surface area (Å²) in [6.45, 7) is 2.58. The van der Waals surface area contributed by atoms with Crippen molar-refractivity contribution in [3.05, 3.63) is 30.1 Å². The van der Waals surface area contributed by atoms with Crippen molar-refractivity contribution in [2.24, 2.45) is 11.8 Å². The van der Waals surface area contributed by atoms with Crippen molar-refractivity contribution in [2.75, 3.05) is 6.54 Å². The molecular weight excluding hydrogens is 253 g/mol. The normalized spacial score (nSPS) is 24.3. The summed E-state index contributed by atoms with van der Waals surface area (Å²) in [6, 6.07) is 5.45. The molecule has 0 saturated heterocycles. The van der Waals surface area contributed by atoms with Gasteiger partial charge in [-0.1, -0.05) is 25.5 Å². The first-order chi connectivity index (χ1) is 8.49. The molecule has 1 fully saturated rings. The van der Waals surface area contributed by atoms with Gasteiger partial charge < -0.3 is 0 Å². The Morgan fingerprint density at radius 3 is 2.67 bits per heavy atom. The van der Waals surface area contributed by atoms with E-state index < -0.39 is 15.8 Å². The highest BCUT2D eigenvalue weighted by Gasteiger charge is 2.24. The van der Waals surface area contributed by atoms with Crippen molar-refractivity contribution < 1.29 is 12.8 Å². The maximum atomic E-state index is 13.4. The highest BCUT2D eigenvalue weighted by atomic mass is 32.2. The van der Waals surface area contributed by atoms with Crippen LogP contribution in [0.15, 0.2) is 29.2 Å². The van der Waals surface area contributed by atoms with Crippen LogP contribution in [-0.2, 0) is 10.0 Å². The Kier molecular flexibility index (Phi) is 4.02. The Morgan fingerprint density at radius 1 is 1.33 bits per heavy atom. The predicted molar refractivity (Wildman–Crippen MR) is 68.1 cm³/mol. The molecule has 5 heteroatoms. The van der Waals surface area contributed by atoms with E-state index in [1.54, 1.807) is 0 Å². The van der Waals surface area contributed by atoms with Crippen LogP contribution in [0.2, 0.25) is 0 Å². The molecule has 1 N–H and O–H groups in total. The number of nitrogens with one attached hydrogen (secondary N) is 1. The fraction of sp³-hybridized carbons (Fsp3) is 0.538. The second kappa shape index (κ2) is 5.36. The molecule has 0 bridgehead atoms. The van der Waals surface area contributed by atoms with E-state index in [0.717, 1.165) is 25.3 Å². The Morgan fingerprint density at radius 2 is 2.06 bits per heavy atom. The summed E-state index contributed by atoms with van der Waals surface area (Å²) in [5.41, 5.74) is 0. The molecule has 2 atom stereocenters. The molecule has 0 spiro atoms. The monoisotopic (exact) mass is 271 g/mol. The molecule has 0 aromatic heterocycles. The molecule has 3 nitrogen and oxygen atoms in total. The second-order valence-corrected chi connectivity index (χ2v) is 6.80. The van der Waals surface area contributed by atoms with Gasteiger partial charge in [0, 0.05) is 6.54 Å². The van der Waals surface area contributed by atoms with Crippen LogP contribution in [0, 0.1) is 17.7 Å². The molecule has 1 saturated carbocycles. The minimum Gasteiger partial charge on any atom is -0.211 e. The molecule has 100 valence electrons. The van der Waals surface area contributed by atoms with Gasteiger partial charge in [-0.3, -0.25) is 0 Å². The SMILES string of the molecule is CC1CCC(CNS(=O)(=O)c2ccccc2F)C1. The van der Waals surface area contributed by atoms with Crippen LogP contribution in [0.4, 0.5) is 4.39 Å². The van der Waals surface area contributed by atoms with Gasteiger partial charge in [0.05, 0.1) is 0 Å². The molecule has 1 aromatic rings. The molecule has 1 aliphatic carbocycles. The summed E-state index contributed by atoms with van der Waals surface area (Å²) in [4.78, 5) is -0.268. The maximum absolute atomic E-state index is 13.4. The Labute approximate surface area is 107 Å². The number of sulfonamides is 1. The lowest BCUT2D eigenvalue weighted by Crippen LogP contribution is -2.29. The minimum atomic E-state index is -3.72. The van der Waals surface area contributed by atoms with Gasteiger partial charge in [0.25, 0.3) is 0 Å². The summed E-state index contributed by atoms with van der Waals surface area (Å²) in [7, 11) is -3.72. The zero-order chi connectivity index (χ0) is 13.2. The Bertz CT molecular complexity index is 515. The first-order valence-electron chi connectivity index (χ1n) is 6.23. The third-order valence-electron chi connectivity index (χ3n) is 3.49. The molecular formula is C13H18FNO2S. The molecule has 18 heavy (non-hydrogen) atoms. The topological polar surface area (TPSA) is 46.2 Å². The number of rotatable bonds is 4. The van der Waals surface area contributed by atoms with Gasteiger partial charge in [-0.05, 0) is 36.8 Å². The third-order valence-corrected chi connectivity index (χ3v) is 4.95. The lowest BCUT2D eigenvalue weighted by atomic mass is 10.1. The summed E-state index contributed by atoms with van der Waals surface area (Å²) in [5, 5.41) is 0. The van der Waals surface area contributed by atoms with Gasteiger partial charge in [0.15, 0.2) is 0 Å². The minimum absolute atomic E-state index is 0.268. The van der Waals surface area contributed by atoms with E-state index >= 15 is 0 Å². The first-order valence-corrected chi connectivity index (χ1v) is 7.71. The van der Waals surface area contributed by atoms with Crippen molar-refractivity contribution in [1.29, 1.82) is 0 Å². The van der Waals surface area contributed by atoms with Gasteiger partial charge in [0.2, 0.25) is 10.0 Å². The van der Waals surface area contributed by atoms with E-state index in [-0.39, 0.29) is 4.90 Å². The van der Waals surface area contributed by atoms with Gasteiger partial charge in [-0.25, -0.2) is 17.5 Å². The summed E-state index contributed by atoms with van der Waals surface area (Å²) < 4.78 is 39.8. The fourth-order valence-corrected chi connectivity index (χ4v) is 3.67. The lowest BCUT2D eigenvalue weighted by molar-refractivity contribution is 0.495. The summed E-state index contributed by atoms with van der Waals surface area (Å²) in [6.07, 6.45) is 3.23. The van der Waals surface area contributed by atoms with E-state index in [2.05, 4.69) is 11.6 Å². The standard InChI is InChI=1S/C13H18FNO2S/c1-10-6-7-11(8-10)9-15-18(16,17)13-5-3-2-4-12(13)14/h2-5,10-11,15H,6-9H2,1H3. The Hall–Kier alpha value is -0.940. The summed E-state index contributed by atoms with van der Waals surface area (Å²) >= 11 is 0. The van der Waals surface area contributed by atoms with Gasteiger partial charge in [-0.2, -0.15) is 0 Å². The van der Waals surface area contributed by atoms with Gasteiger partial charge >= 0.3 is 0 Å². The van der Waals surface area contributed by atoms with Crippen molar-refractivity contribution in [2.45, 2.75) is 31.1 Å². The van der Waals surface area contributed by atoms with Crippen LogP contribution in [0.3, 0.4) is 0 Å². The zero-order valence-corrected chi connectivity index (χ0v) is 11.2. The quantitative estimate of drug-likeness (QED) is 0.914. The van der Waals surface area contributed by atoms with Gasteiger partial charge in [-0.15, -0.1) is 0 Å².